The molecule has 7 nitrogen and oxygen atoms in total. The summed E-state index contributed by atoms with van der Waals surface area (Å²) in [6.07, 6.45) is 3.98. The van der Waals surface area contributed by atoms with Gasteiger partial charge in [0.1, 0.15) is 18.9 Å². The van der Waals surface area contributed by atoms with Crippen LogP contribution in [0.15, 0.2) is 23.3 Å². The number of esters is 1. The van der Waals surface area contributed by atoms with Gasteiger partial charge in [-0.3, -0.25) is 0 Å². The van der Waals surface area contributed by atoms with E-state index in [0.717, 1.165) is 0 Å². The first kappa shape index (κ1) is 9.38. The van der Waals surface area contributed by atoms with Crippen LogP contribution in [0.1, 0.15) is 17.4 Å². The third kappa shape index (κ3) is 1.85. The fourth-order valence-corrected chi connectivity index (χ4v) is 0.975. The predicted molar refractivity (Wildman–Crippen MR) is 47.4 cm³/mol. The van der Waals surface area contributed by atoms with Crippen molar-refractivity contribution in [1.82, 2.24) is 19.7 Å². The third-order valence-electron chi connectivity index (χ3n) is 1.59. The molecule has 0 N–H and O–H groups in total. The Labute approximate surface area is 84.7 Å². The van der Waals surface area contributed by atoms with Gasteiger partial charge in [0.15, 0.2) is 5.69 Å². The molecule has 0 spiro atoms. The molecular weight excluding hydrogens is 200 g/mol. The van der Waals surface area contributed by atoms with E-state index >= 15 is 0 Å². The quantitative estimate of drug-likeness (QED) is 0.680. The maximum Gasteiger partial charge on any atom is 0.360 e. The van der Waals surface area contributed by atoms with Crippen LogP contribution in [0.3, 0.4) is 0 Å². The van der Waals surface area contributed by atoms with Crippen LogP contribution in [0, 0.1) is 0 Å². The minimum Gasteiger partial charge on any atom is -0.461 e. The molecule has 0 saturated heterocycles. The van der Waals surface area contributed by atoms with E-state index < -0.39 is 5.97 Å². The summed E-state index contributed by atoms with van der Waals surface area (Å²) in [5.74, 6) is -0.521. The summed E-state index contributed by atoms with van der Waals surface area (Å²) in [4.78, 5) is 18.9. The Kier molecular flexibility index (Phi) is 2.44. The first-order valence-electron chi connectivity index (χ1n) is 4.29. The Bertz CT molecular complexity index is 448. The van der Waals surface area contributed by atoms with Crippen LogP contribution in [0.25, 0.3) is 6.01 Å². The number of nitrogens with zero attached hydrogens (tertiary/aromatic N) is 4. The second kappa shape index (κ2) is 3.91. The number of hydrogen-bond donors (Lipinski definition) is 0. The third-order valence-corrected chi connectivity index (χ3v) is 1.59. The van der Waals surface area contributed by atoms with Gasteiger partial charge in [-0.2, -0.15) is 14.8 Å². The number of rotatable bonds is 3. The van der Waals surface area contributed by atoms with E-state index in [4.69, 9.17) is 9.15 Å². The number of carbonyl (C=O) groups is 1. The van der Waals surface area contributed by atoms with E-state index in [-0.39, 0.29) is 11.7 Å². The summed E-state index contributed by atoms with van der Waals surface area (Å²) in [6, 6.07) is 0.176. The molecule has 0 radical (unpaired) electrons. The molecule has 0 bridgehead atoms. The smallest absolute Gasteiger partial charge is 0.360 e. The van der Waals surface area contributed by atoms with Gasteiger partial charge in [0.2, 0.25) is 0 Å². The van der Waals surface area contributed by atoms with E-state index in [9.17, 15) is 4.79 Å². The van der Waals surface area contributed by atoms with E-state index in [1.165, 1.54) is 23.6 Å². The molecule has 0 atom stereocenters. The van der Waals surface area contributed by atoms with Crippen LogP contribution < -0.4 is 0 Å². The van der Waals surface area contributed by atoms with Crippen molar-refractivity contribution in [3.8, 4) is 6.01 Å². The van der Waals surface area contributed by atoms with Gasteiger partial charge in [-0.05, 0) is 6.92 Å². The van der Waals surface area contributed by atoms with Gasteiger partial charge >= 0.3 is 12.0 Å². The molecule has 0 saturated carbocycles. The first-order valence-corrected chi connectivity index (χ1v) is 4.29. The molecule has 0 fully saturated rings. The van der Waals surface area contributed by atoms with E-state index in [1.54, 1.807) is 6.92 Å². The molecule has 15 heavy (non-hydrogen) atoms. The van der Waals surface area contributed by atoms with Gasteiger partial charge < -0.3 is 9.15 Å². The Balaban J connectivity index is 2.21. The second-order valence-corrected chi connectivity index (χ2v) is 2.58. The minimum atomic E-state index is -0.521. The van der Waals surface area contributed by atoms with Crippen LogP contribution >= 0.6 is 0 Å². The first-order chi connectivity index (χ1) is 7.31. The SMILES string of the molecule is CCOC(=O)c1coc(-n2cncn2)n1. The highest BCUT2D eigenvalue weighted by atomic mass is 16.5. The zero-order chi connectivity index (χ0) is 10.7. The highest BCUT2D eigenvalue weighted by Crippen LogP contribution is 2.06. The zero-order valence-corrected chi connectivity index (χ0v) is 7.95. The maximum absolute atomic E-state index is 11.2. The Morgan fingerprint density at radius 3 is 3.20 bits per heavy atom. The van der Waals surface area contributed by atoms with Crippen molar-refractivity contribution < 1.29 is 13.9 Å². The topological polar surface area (TPSA) is 83.0 Å². The molecule has 0 aliphatic carbocycles. The summed E-state index contributed by atoms with van der Waals surface area (Å²) < 4.78 is 11.1. The highest BCUT2D eigenvalue weighted by molar-refractivity contribution is 5.86. The fraction of sp³-hybridized carbons (Fsp3) is 0.250. The molecule has 0 aliphatic heterocycles. The van der Waals surface area contributed by atoms with Crippen molar-refractivity contribution in [3.05, 3.63) is 24.6 Å². The van der Waals surface area contributed by atoms with Crippen molar-refractivity contribution in [1.29, 1.82) is 0 Å². The molecule has 0 amide bonds. The van der Waals surface area contributed by atoms with Crippen LogP contribution in [0.4, 0.5) is 0 Å². The van der Waals surface area contributed by atoms with Gasteiger partial charge in [0.05, 0.1) is 6.61 Å². The normalized spacial score (nSPS) is 10.2. The monoisotopic (exact) mass is 208 g/mol. The number of carbonyl (C=O) groups excluding carboxylic acids is 1. The molecule has 2 aromatic heterocycles. The lowest BCUT2D eigenvalue weighted by molar-refractivity contribution is 0.0519. The number of aromatic nitrogens is 4. The van der Waals surface area contributed by atoms with Gasteiger partial charge in [-0.1, -0.05) is 0 Å². The summed E-state index contributed by atoms with van der Waals surface area (Å²) in [6.45, 7) is 2.01. The summed E-state index contributed by atoms with van der Waals surface area (Å²) in [5, 5.41) is 3.80. The van der Waals surface area contributed by atoms with Gasteiger partial charge in [-0.15, -0.1) is 0 Å². The lowest BCUT2D eigenvalue weighted by atomic mass is 10.5. The largest absolute Gasteiger partial charge is 0.461 e. The molecule has 2 rings (SSSR count). The molecule has 2 heterocycles. The molecular formula is C8H8N4O3. The minimum absolute atomic E-state index is 0.113. The summed E-state index contributed by atoms with van der Waals surface area (Å²) in [7, 11) is 0. The van der Waals surface area contributed by atoms with Gasteiger partial charge in [0, 0.05) is 0 Å². The van der Waals surface area contributed by atoms with Crippen molar-refractivity contribution in [2.24, 2.45) is 0 Å². The maximum atomic E-state index is 11.2. The van der Waals surface area contributed by atoms with Crippen LogP contribution in [-0.2, 0) is 4.74 Å². The molecule has 0 unspecified atom stereocenters. The summed E-state index contributed by atoms with van der Waals surface area (Å²) >= 11 is 0. The zero-order valence-electron chi connectivity index (χ0n) is 7.95. The van der Waals surface area contributed by atoms with Crippen molar-refractivity contribution >= 4 is 5.97 Å². The van der Waals surface area contributed by atoms with Crippen LogP contribution in [-0.4, -0.2) is 32.3 Å². The molecule has 78 valence electrons. The van der Waals surface area contributed by atoms with E-state index in [1.807, 2.05) is 0 Å². The van der Waals surface area contributed by atoms with Crippen molar-refractivity contribution in [3.63, 3.8) is 0 Å². The fourth-order valence-electron chi connectivity index (χ4n) is 0.975. The number of oxazole rings is 1. The Morgan fingerprint density at radius 2 is 2.53 bits per heavy atom. The van der Waals surface area contributed by atoms with E-state index in [0.29, 0.717) is 6.61 Å². The molecule has 0 aromatic carbocycles. The number of hydrogen-bond acceptors (Lipinski definition) is 6. The molecule has 0 aliphatic rings. The van der Waals surface area contributed by atoms with Crippen molar-refractivity contribution in [2.75, 3.05) is 6.61 Å². The second-order valence-electron chi connectivity index (χ2n) is 2.58. The lowest BCUT2D eigenvalue weighted by Crippen LogP contribution is -2.05. The van der Waals surface area contributed by atoms with Gasteiger partial charge in [-0.25, -0.2) is 9.78 Å². The lowest BCUT2D eigenvalue weighted by Gasteiger charge is -1.94. The standard InChI is InChI=1S/C8H8N4O3/c1-2-14-7(13)6-3-15-8(11-6)12-5-9-4-10-12/h3-5H,2H2,1H3. The summed E-state index contributed by atoms with van der Waals surface area (Å²) in [5.41, 5.74) is 0.113. The van der Waals surface area contributed by atoms with E-state index in [2.05, 4.69) is 15.1 Å². The molecule has 7 heteroatoms. The van der Waals surface area contributed by atoms with Gasteiger partial charge in [0.25, 0.3) is 0 Å². The highest BCUT2D eigenvalue weighted by Gasteiger charge is 2.14. The molecule has 2 aromatic rings. The average Bonchev–Trinajstić information content (AvgIpc) is 2.89. The number of ether oxygens (including phenoxy) is 1. The average molecular weight is 208 g/mol. The van der Waals surface area contributed by atoms with Crippen molar-refractivity contribution in [2.45, 2.75) is 6.92 Å². The van der Waals surface area contributed by atoms with Crippen LogP contribution in [0.2, 0.25) is 0 Å². The Hall–Kier alpha value is -2.18. The Morgan fingerprint density at radius 1 is 1.67 bits per heavy atom. The van der Waals surface area contributed by atoms with Crippen LogP contribution in [0.5, 0.6) is 0 Å². The predicted octanol–water partition coefficient (Wildman–Crippen LogP) is 0.432.